The lowest BCUT2D eigenvalue weighted by Gasteiger charge is -2.26. The average molecular weight is 243 g/mol. The van der Waals surface area contributed by atoms with Crippen LogP contribution in [0.1, 0.15) is 27.7 Å². The van der Waals surface area contributed by atoms with E-state index in [1.165, 1.54) is 0 Å². The molecule has 0 aromatic heterocycles. The maximum Gasteiger partial charge on any atom is 0.236 e. The van der Waals surface area contributed by atoms with Gasteiger partial charge in [0.05, 0.1) is 13.1 Å². The second-order valence-corrected chi connectivity index (χ2v) is 4.36. The van der Waals surface area contributed by atoms with Gasteiger partial charge in [-0.3, -0.25) is 14.5 Å². The highest BCUT2D eigenvalue weighted by Gasteiger charge is 2.17. The van der Waals surface area contributed by atoms with E-state index in [4.69, 9.17) is 0 Å². The van der Waals surface area contributed by atoms with Crippen LogP contribution in [0.25, 0.3) is 0 Å². The van der Waals surface area contributed by atoms with E-state index >= 15 is 0 Å². The zero-order valence-corrected chi connectivity index (χ0v) is 11.6. The average Bonchev–Trinajstić information content (AvgIpc) is 2.26. The fourth-order valence-corrected chi connectivity index (χ4v) is 1.33. The molecule has 0 bridgehead atoms. The van der Waals surface area contributed by atoms with Gasteiger partial charge < -0.3 is 10.2 Å². The van der Waals surface area contributed by atoms with Crippen molar-refractivity contribution in [3.05, 3.63) is 0 Å². The number of amides is 2. The van der Waals surface area contributed by atoms with Crippen molar-refractivity contribution in [2.75, 3.05) is 33.2 Å². The van der Waals surface area contributed by atoms with Gasteiger partial charge in [0.1, 0.15) is 0 Å². The molecule has 100 valence electrons. The summed E-state index contributed by atoms with van der Waals surface area (Å²) in [5.41, 5.74) is 0. The molecule has 0 aromatic carbocycles. The van der Waals surface area contributed by atoms with Gasteiger partial charge >= 0.3 is 0 Å². The van der Waals surface area contributed by atoms with Gasteiger partial charge in [-0.15, -0.1) is 0 Å². The number of likely N-dealkylation sites (N-methyl/N-ethyl adjacent to an activating group) is 3. The lowest BCUT2D eigenvalue weighted by Crippen LogP contribution is -2.44. The highest BCUT2D eigenvalue weighted by molar-refractivity contribution is 5.81. The lowest BCUT2D eigenvalue weighted by atomic mass is 10.3. The van der Waals surface area contributed by atoms with Crippen LogP contribution in [0, 0.1) is 0 Å². The number of carbonyl (C=O) groups is 2. The molecule has 17 heavy (non-hydrogen) atoms. The van der Waals surface area contributed by atoms with Crippen LogP contribution < -0.4 is 5.32 Å². The summed E-state index contributed by atoms with van der Waals surface area (Å²) in [5.74, 6) is 0.0144. The maximum absolute atomic E-state index is 11.8. The first-order chi connectivity index (χ1) is 7.92. The Bertz CT molecular complexity index is 254. The summed E-state index contributed by atoms with van der Waals surface area (Å²) in [6.45, 7) is 9.65. The zero-order chi connectivity index (χ0) is 13.4. The van der Waals surface area contributed by atoms with Gasteiger partial charge in [-0.25, -0.2) is 0 Å². The Morgan fingerprint density at radius 2 is 1.76 bits per heavy atom. The molecular weight excluding hydrogens is 218 g/mol. The molecule has 0 rings (SSSR count). The van der Waals surface area contributed by atoms with Crippen LogP contribution >= 0.6 is 0 Å². The summed E-state index contributed by atoms with van der Waals surface area (Å²) in [6, 6.07) is 0.186. The minimum atomic E-state index is -0.0330. The molecule has 0 aromatic rings. The number of nitrogens with zero attached hydrogens (tertiary/aromatic N) is 2. The fourth-order valence-electron chi connectivity index (χ4n) is 1.33. The van der Waals surface area contributed by atoms with Gasteiger partial charge in [-0.2, -0.15) is 0 Å². The first-order valence-electron chi connectivity index (χ1n) is 6.17. The largest absolute Gasteiger partial charge is 0.355 e. The van der Waals surface area contributed by atoms with Crippen LogP contribution in [0.15, 0.2) is 0 Å². The van der Waals surface area contributed by atoms with E-state index in [1.807, 2.05) is 32.6 Å². The molecule has 5 nitrogen and oxygen atoms in total. The first-order valence-corrected chi connectivity index (χ1v) is 6.17. The minimum Gasteiger partial charge on any atom is -0.355 e. The Morgan fingerprint density at radius 3 is 2.18 bits per heavy atom. The third-order valence-electron chi connectivity index (χ3n) is 2.72. The Hall–Kier alpha value is -1.10. The molecule has 0 aliphatic rings. The van der Waals surface area contributed by atoms with Crippen molar-refractivity contribution >= 4 is 11.8 Å². The SMILES string of the molecule is CCNC(=O)CN(CC)CC(=O)N(C)C(C)C. The van der Waals surface area contributed by atoms with Crippen LogP contribution in [0.2, 0.25) is 0 Å². The molecule has 0 atom stereocenters. The Balaban J connectivity index is 4.21. The van der Waals surface area contributed by atoms with E-state index in [1.54, 1.807) is 11.9 Å². The van der Waals surface area contributed by atoms with Crippen molar-refractivity contribution in [2.45, 2.75) is 33.7 Å². The summed E-state index contributed by atoms with van der Waals surface area (Å²) in [5, 5.41) is 2.73. The third kappa shape index (κ3) is 6.26. The molecular formula is C12H25N3O2. The predicted molar refractivity (Wildman–Crippen MR) is 68.7 cm³/mol. The summed E-state index contributed by atoms with van der Waals surface area (Å²) in [4.78, 5) is 26.8. The van der Waals surface area contributed by atoms with Crippen LogP contribution in [-0.2, 0) is 9.59 Å². The molecule has 0 heterocycles. The van der Waals surface area contributed by atoms with E-state index in [9.17, 15) is 9.59 Å². The highest BCUT2D eigenvalue weighted by atomic mass is 16.2. The van der Waals surface area contributed by atoms with Crippen LogP contribution in [0.5, 0.6) is 0 Å². The van der Waals surface area contributed by atoms with E-state index in [0.717, 1.165) is 0 Å². The quantitative estimate of drug-likeness (QED) is 0.700. The smallest absolute Gasteiger partial charge is 0.236 e. The third-order valence-corrected chi connectivity index (χ3v) is 2.72. The van der Waals surface area contributed by atoms with Gasteiger partial charge in [0.2, 0.25) is 11.8 Å². The summed E-state index contributed by atoms with van der Waals surface area (Å²) in [7, 11) is 1.78. The van der Waals surface area contributed by atoms with Gasteiger partial charge in [0.25, 0.3) is 0 Å². The summed E-state index contributed by atoms with van der Waals surface area (Å²) >= 11 is 0. The molecule has 0 radical (unpaired) electrons. The molecule has 0 aliphatic carbocycles. The predicted octanol–water partition coefficient (Wildman–Crippen LogP) is 0.311. The van der Waals surface area contributed by atoms with Gasteiger partial charge in [-0.05, 0) is 27.3 Å². The molecule has 5 heteroatoms. The van der Waals surface area contributed by atoms with Crippen molar-refractivity contribution in [1.82, 2.24) is 15.1 Å². The molecule has 0 saturated carbocycles. The number of carbonyl (C=O) groups excluding carboxylic acids is 2. The van der Waals surface area contributed by atoms with E-state index in [2.05, 4.69) is 5.32 Å². The molecule has 0 saturated heterocycles. The molecule has 0 spiro atoms. The molecule has 1 N–H and O–H groups in total. The Kier molecular flexibility index (Phi) is 7.54. The van der Waals surface area contributed by atoms with E-state index in [-0.39, 0.29) is 24.4 Å². The van der Waals surface area contributed by atoms with Crippen molar-refractivity contribution in [3.8, 4) is 0 Å². The van der Waals surface area contributed by atoms with Crippen molar-refractivity contribution in [2.24, 2.45) is 0 Å². The molecule has 0 aliphatic heterocycles. The monoisotopic (exact) mass is 243 g/mol. The number of nitrogens with one attached hydrogen (secondary N) is 1. The lowest BCUT2D eigenvalue weighted by molar-refractivity contribution is -0.133. The number of hydrogen-bond acceptors (Lipinski definition) is 3. The standard InChI is InChI=1S/C12H25N3O2/c1-6-13-11(16)8-15(7-2)9-12(17)14(5)10(3)4/h10H,6-9H2,1-5H3,(H,13,16). The summed E-state index contributed by atoms with van der Waals surface area (Å²) < 4.78 is 0. The normalized spacial score (nSPS) is 10.8. The van der Waals surface area contributed by atoms with Gasteiger partial charge in [0.15, 0.2) is 0 Å². The second kappa shape index (κ2) is 8.06. The van der Waals surface area contributed by atoms with Crippen molar-refractivity contribution < 1.29 is 9.59 Å². The second-order valence-electron chi connectivity index (χ2n) is 4.36. The van der Waals surface area contributed by atoms with Crippen molar-refractivity contribution in [3.63, 3.8) is 0 Å². The zero-order valence-electron chi connectivity index (χ0n) is 11.6. The Labute approximate surface area is 104 Å². The van der Waals surface area contributed by atoms with Crippen LogP contribution in [0.3, 0.4) is 0 Å². The molecule has 0 unspecified atom stereocenters. The van der Waals surface area contributed by atoms with Crippen LogP contribution in [-0.4, -0.2) is 60.9 Å². The fraction of sp³-hybridized carbons (Fsp3) is 0.833. The first kappa shape index (κ1) is 15.9. The molecule has 2 amide bonds. The number of hydrogen-bond donors (Lipinski definition) is 1. The van der Waals surface area contributed by atoms with E-state index in [0.29, 0.717) is 19.6 Å². The van der Waals surface area contributed by atoms with Crippen molar-refractivity contribution in [1.29, 1.82) is 0 Å². The van der Waals surface area contributed by atoms with Gasteiger partial charge in [-0.1, -0.05) is 6.92 Å². The maximum atomic E-state index is 11.8. The van der Waals surface area contributed by atoms with E-state index < -0.39 is 0 Å². The minimum absolute atomic E-state index is 0.0330. The molecule has 0 fully saturated rings. The number of rotatable bonds is 7. The van der Waals surface area contributed by atoms with Gasteiger partial charge in [0, 0.05) is 19.6 Å². The Morgan fingerprint density at radius 1 is 1.18 bits per heavy atom. The van der Waals surface area contributed by atoms with Crippen LogP contribution in [0.4, 0.5) is 0 Å². The topological polar surface area (TPSA) is 52.7 Å². The summed E-state index contributed by atoms with van der Waals surface area (Å²) in [6.07, 6.45) is 0. The highest BCUT2D eigenvalue weighted by Crippen LogP contribution is 1.97.